The molecule has 0 bridgehead atoms. The molecule has 1 aromatic heterocycles. The second kappa shape index (κ2) is 7.95. The van der Waals surface area contributed by atoms with Gasteiger partial charge in [0.1, 0.15) is 5.35 Å². The van der Waals surface area contributed by atoms with E-state index in [4.69, 9.17) is 9.81 Å². The summed E-state index contributed by atoms with van der Waals surface area (Å²) in [6, 6.07) is 12.6. The molecule has 2 aromatic carbocycles. The minimum Gasteiger partial charge on any atom is -0.378 e. The van der Waals surface area contributed by atoms with Crippen LogP contribution < -0.4 is 21.0 Å². The lowest BCUT2D eigenvalue weighted by atomic mass is 10.1. The van der Waals surface area contributed by atoms with Crippen LogP contribution in [0.2, 0.25) is 0 Å². The van der Waals surface area contributed by atoms with Crippen molar-refractivity contribution in [1.82, 2.24) is 9.78 Å². The molecule has 0 aliphatic heterocycles. The third-order valence-electron chi connectivity index (χ3n) is 4.24. The number of nitrogens with zero attached hydrogens (tertiary/aromatic N) is 2. The van der Waals surface area contributed by atoms with Crippen LogP contribution >= 0.6 is 0 Å². The first kappa shape index (κ1) is 20.4. The van der Waals surface area contributed by atoms with Gasteiger partial charge < -0.3 is 9.79 Å². The second-order valence-corrected chi connectivity index (χ2v) is 7.82. The molecule has 10 heteroatoms. The highest BCUT2D eigenvalue weighted by atomic mass is 32.2. The highest BCUT2D eigenvalue weighted by Crippen LogP contribution is 2.13. The number of rotatable bonds is 5. The highest BCUT2D eigenvalue weighted by molar-refractivity contribution is 7.85. The van der Waals surface area contributed by atoms with Crippen LogP contribution in [0.15, 0.2) is 58.2 Å². The normalized spacial score (nSPS) is 13.0. The molecule has 0 aliphatic rings. The first-order valence-corrected chi connectivity index (χ1v) is 9.83. The zero-order valence-corrected chi connectivity index (χ0v) is 16.4. The molecule has 0 spiro atoms. The molecule has 0 radical (unpaired) electrons. The Bertz CT molecular complexity index is 1290. The SMILES string of the molecule is CN(C)c1ccc(C=c2c(=COO)[nH]n(-c3ccc(S(=O)(=O)O)cc3)c2=O)cc1. The van der Waals surface area contributed by atoms with Crippen molar-refractivity contribution in [2.45, 2.75) is 4.90 Å². The van der Waals surface area contributed by atoms with Gasteiger partial charge in [-0.25, -0.2) is 9.94 Å². The Morgan fingerprint density at radius 1 is 1.07 bits per heavy atom. The van der Waals surface area contributed by atoms with Crippen molar-refractivity contribution in [3.8, 4) is 5.69 Å². The number of benzene rings is 2. The third kappa shape index (κ3) is 4.40. The Balaban J connectivity index is 2.13. The van der Waals surface area contributed by atoms with E-state index in [1.54, 1.807) is 6.08 Å². The fourth-order valence-electron chi connectivity index (χ4n) is 2.73. The van der Waals surface area contributed by atoms with Gasteiger partial charge in [0, 0.05) is 19.8 Å². The van der Waals surface area contributed by atoms with Gasteiger partial charge in [0.15, 0.2) is 6.26 Å². The van der Waals surface area contributed by atoms with Crippen LogP contribution in [0.3, 0.4) is 0 Å². The van der Waals surface area contributed by atoms with Gasteiger partial charge in [0.25, 0.3) is 15.7 Å². The van der Waals surface area contributed by atoms with Crippen molar-refractivity contribution in [2.75, 3.05) is 19.0 Å². The molecule has 3 N–H and O–H groups in total. The fourth-order valence-corrected chi connectivity index (χ4v) is 3.21. The maximum absolute atomic E-state index is 12.9. The van der Waals surface area contributed by atoms with E-state index in [0.29, 0.717) is 5.69 Å². The van der Waals surface area contributed by atoms with Crippen LogP contribution in [0, 0.1) is 0 Å². The Labute approximate surface area is 166 Å². The maximum Gasteiger partial charge on any atom is 0.294 e. The van der Waals surface area contributed by atoms with Gasteiger partial charge in [-0.1, -0.05) is 12.1 Å². The van der Waals surface area contributed by atoms with Crippen molar-refractivity contribution in [1.29, 1.82) is 0 Å². The Morgan fingerprint density at radius 3 is 2.21 bits per heavy atom. The minimum absolute atomic E-state index is 0.216. The number of hydrogen-bond donors (Lipinski definition) is 3. The molecular weight excluding hydrogens is 398 g/mol. The molecule has 0 amide bonds. The smallest absolute Gasteiger partial charge is 0.294 e. The number of aromatic nitrogens is 2. The zero-order valence-electron chi connectivity index (χ0n) is 15.6. The topological polar surface area (TPSA) is 125 Å². The second-order valence-electron chi connectivity index (χ2n) is 6.40. The van der Waals surface area contributed by atoms with Crippen molar-refractivity contribution in [2.24, 2.45) is 0 Å². The third-order valence-corrected chi connectivity index (χ3v) is 5.11. The molecule has 0 aliphatic carbocycles. The zero-order chi connectivity index (χ0) is 21.2. The molecule has 152 valence electrons. The lowest BCUT2D eigenvalue weighted by molar-refractivity contribution is -0.162. The maximum atomic E-state index is 12.9. The van der Waals surface area contributed by atoms with Crippen LogP contribution in [0.1, 0.15) is 5.56 Å². The summed E-state index contributed by atoms with van der Waals surface area (Å²) >= 11 is 0. The summed E-state index contributed by atoms with van der Waals surface area (Å²) in [6.45, 7) is 0. The number of nitrogens with one attached hydrogen (secondary N) is 1. The van der Waals surface area contributed by atoms with E-state index in [1.165, 1.54) is 28.9 Å². The molecule has 3 rings (SSSR count). The minimum atomic E-state index is -4.34. The van der Waals surface area contributed by atoms with Gasteiger partial charge >= 0.3 is 0 Å². The van der Waals surface area contributed by atoms with E-state index in [-0.39, 0.29) is 15.5 Å². The van der Waals surface area contributed by atoms with Gasteiger partial charge in [-0.3, -0.25) is 14.4 Å². The number of H-pyrrole nitrogens is 1. The first-order valence-electron chi connectivity index (χ1n) is 8.39. The van der Waals surface area contributed by atoms with Gasteiger partial charge in [-0.15, -0.1) is 0 Å². The molecule has 3 aromatic rings. The molecule has 0 unspecified atom stereocenters. The van der Waals surface area contributed by atoms with E-state index >= 15 is 0 Å². The molecule has 0 fully saturated rings. The average molecular weight is 417 g/mol. The molecule has 1 heterocycles. The molecule has 9 nitrogen and oxygen atoms in total. The summed E-state index contributed by atoms with van der Waals surface area (Å²) in [4.78, 5) is 18.6. The van der Waals surface area contributed by atoms with E-state index in [1.807, 2.05) is 43.3 Å². The molecule has 0 atom stereocenters. The van der Waals surface area contributed by atoms with Crippen LogP contribution in [0.5, 0.6) is 0 Å². The lowest BCUT2D eigenvalue weighted by Crippen LogP contribution is -2.34. The predicted molar refractivity (Wildman–Crippen MR) is 108 cm³/mol. The summed E-state index contributed by atoms with van der Waals surface area (Å²) in [6.07, 6.45) is 2.61. The Morgan fingerprint density at radius 2 is 1.69 bits per heavy atom. The highest BCUT2D eigenvalue weighted by Gasteiger charge is 2.11. The Kier molecular flexibility index (Phi) is 5.59. The van der Waals surface area contributed by atoms with Crippen LogP contribution in [0.25, 0.3) is 18.0 Å². The van der Waals surface area contributed by atoms with E-state index in [9.17, 15) is 13.2 Å². The lowest BCUT2D eigenvalue weighted by Gasteiger charge is -2.11. The summed E-state index contributed by atoms with van der Waals surface area (Å²) < 4.78 is 32.6. The number of anilines is 1. The van der Waals surface area contributed by atoms with E-state index in [0.717, 1.165) is 17.5 Å². The van der Waals surface area contributed by atoms with Gasteiger partial charge in [-0.2, -0.15) is 8.42 Å². The van der Waals surface area contributed by atoms with E-state index in [2.05, 4.69) is 9.99 Å². The quantitative estimate of drug-likeness (QED) is 0.314. The average Bonchev–Trinajstić information content (AvgIpc) is 2.98. The first-order chi connectivity index (χ1) is 13.7. The standard InChI is InChI=1S/C19H19N3O6S/c1-21(2)14-5-3-13(4-6-14)11-17-18(12-28-24)20-22(19(17)23)15-7-9-16(10-8-15)29(25,26)27/h3-12,20,24H,1-2H3,(H,25,26,27). The fraction of sp³-hybridized carbons (Fsp3) is 0.105. The Hall–Kier alpha value is -3.34. The molecular formula is C19H19N3O6S. The van der Waals surface area contributed by atoms with Gasteiger partial charge in [-0.05, 0) is 48.0 Å². The number of hydrogen-bond acceptors (Lipinski definition) is 6. The van der Waals surface area contributed by atoms with Crippen molar-refractivity contribution in [3.05, 3.63) is 75.0 Å². The molecule has 29 heavy (non-hydrogen) atoms. The van der Waals surface area contributed by atoms with Crippen molar-refractivity contribution >= 4 is 28.1 Å². The summed E-state index contributed by atoms with van der Waals surface area (Å²) in [7, 11) is -0.502. The molecule has 0 saturated carbocycles. The summed E-state index contributed by atoms with van der Waals surface area (Å²) in [5.41, 5.74) is 1.65. The van der Waals surface area contributed by atoms with E-state index < -0.39 is 15.7 Å². The van der Waals surface area contributed by atoms with Crippen molar-refractivity contribution in [3.63, 3.8) is 0 Å². The van der Waals surface area contributed by atoms with Crippen LogP contribution in [0.4, 0.5) is 5.69 Å². The monoisotopic (exact) mass is 417 g/mol. The van der Waals surface area contributed by atoms with Crippen LogP contribution in [-0.4, -0.2) is 42.1 Å². The summed E-state index contributed by atoms with van der Waals surface area (Å²) in [5.74, 6) is 0. The van der Waals surface area contributed by atoms with Crippen molar-refractivity contribution < 1.29 is 23.1 Å². The van der Waals surface area contributed by atoms with Gasteiger partial charge in [0.05, 0.1) is 15.8 Å². The van der Waals surface area contributed by atoms with Crippen LogP contribution in [-0.2, 0) is 15.0 Å². The summed E-state index contributed by atoms with van der Waals surface area (Å²) in [5, 5.41) is 12.0. The predicted octanol–water partition coefficient (Wildman–Crippen LogP) is 0.535. The largest absolute Gasteiger partial charge is 0.378 e. The van der Waals surface area contributed by atoms with Gasteiger partial charge in [0.2, 0.25) is 0 Å². The molecule has 0 saturated heterocycles. The number of aromatic amines is 1.